The van der Waals surface area contributed by atoms with Crippen LogP contribution in [0.1, 0.15) is 11.1 Å². The van der Waals surface area contributed by atoms with Crippen LogP contribution in [0.4, 0.5) is 0 Å². The first-order valence-corrected chi connectivity index (χ1v) is 6.25. The van der Waals surface area contributed by atoms with Gasteiger partial charge in [0, 0.05) is 0 Å². The molecule has 0 aliphatic heterocycles. The summed E-state index contributed by atoms with van der Waals surface area (Å²) in [4.78, 5) is 0. The second-order valence-electron chi connectivity index (χ2n) is 4.37. The van der Waals surface area contributed by atoms with Gasteiger partial charge in [0.25, 0.3) is 0 Å². The van der Waals surface area contributed by atoms with Crippen LogP contribution in [0.2, 0.25) is 0 Å². The van der Waals surface area contributed by atoms with E-state index >= 15 is 0 Å². The topological polar surface area (TPSA) is 20.2 Å². The van der Waals surface area contributed by atoms with Crippen LogP contribution >= 0.6 is 0 Å². The van der Waals surface area contributed by atoms with E-state index in [-0.39, 0.29) is 6.61 Å². The monoisotopic (exact) mass is 238 g/mol. The van der Waals surface area contributed by atoms with E-state index in [1.807, 2.05) is 18.2 Å². The molecule has 0 aliphatic carbocycles. The van der Waals surface area contributed by atoms with Crippen LogP contribution in [0.5, 0.6) is 0 Å². The van der Waals surface area contributed by atoms with Gasteiger partial charge in [-0.15, -0.1) is 0 Å². The molecule has 0 radical (unpaired) electrons. The van der Waals surface area contributed by atoms with E-state index in [9.17, 15) is 0 Å². The molecular formula is C17H18O. The van der Waals surface area contributed by atoms with Crippen molar-refractivity contribution >= 4 is 0 Å². The maximum absolute atomic E-state index is 9.12. The standard InChI is InChI=1S/C17H18O/c18-12-11-17(13-15-7-3-1-4-8-15)14-16-9-5-2-6-10-16/h1-11,18H,12-14H2. The van der Waals surface area contributed by atoms with E-state index in [4.69, 9.17) is 5.11 Å². The van der Waals surface area contributed by atoms with Crippen LogP contribution in [-0.2, 0) is 12.8 Å². The fourth-order valence-corrected chi connectivity index (χ4v) is 2.05. The van der Waals surface area contributed by atoms with Crippen molar-refractivity contribution in [2.75, 3.05) is 6.61 Å². The van der Waals surface area contributed by atoms with E-state index in [2.05, 4.69) is 48.5 Å². The summed E-state index contributed by atoms with van der Waals surface area (Å²) in [6.07, 6.45) is 3.71. The average molecular weight is 238 g/mol. The van der Waals surface area contributed by atoms with Gasteiger partial charge in [0.15, 0.2) is 0 Å². The van der Waals surface area contributed by atoms with Gasteiger partial charge in [0.2, 0.25) is 0 Å². The first kappa shape index (κ1) is 12.6. The third-order valence-corrected chi connectivity index (χ3v) is 2.93. The normalized spacial score (nSPS) is 10.1. The third-order valence-electron chi connectivity index (χ3n) is 2.93. The van der Waals surface area contributed by atoms with Gasteiger partial charge < -0.3 is 5.11 Å². The van der Waals surface area contributed by atoms with Crippen LogP contribution < -0.4 is 0 Å². The van der Waals surface area contributed by atoms with E-state index in [0.717, 1.165) is 12.8 Å². The smallest absolute Gasteiger partial charge is 0.0615 e. The maximum Gasteiger partial charge on any atom is 0.0615 e. The molecule has 0 fully saturated rings. The fraction of sp³-hybridized carbons (Fsp3) is 0.176. The Balaban J connectivity index is 2.08. The van der Waals surface area contributed by atoms with Crippen molar-refractivity contribution < 1.29 is 5.11 Å². The minimum Gasteiger partial charge on any atom is -0.392 e. The number of hydrogen-bond acceptors (Lipinski definition) is 1. The quantitative estimate of drug-likeness (QED) is 0.792. The van der Waals surface area contributed by atoms with E-state index in [0.29, 0.717) is 0 Å². The Kier molecular flexibility index (Phi) is 4.74. The molecule has 92 valence electrons. The fourth-order valence-electron chi connectivity index (χ4n) is 2.05. The lowest BCUT2D eigenvalue weighted by molar-refractivity contribution is 0.341. The van der Waals surface area contributed by atoms with Crippen molar-refractivity contribution in [2.24, 2.45) is 0 Å². The number of rotatable bonds is 5. The summed E-state index contributed by atoms with van der Waals surface area (Å²) >= 11 is 0. The summed E-state index contributed by atoms with van der Waals surface area (Å²) < 4.78 is 0. The number of allylic oxidation sites excluding steroid dienone is 1. The number of aliphatic hydroxyl groups is 1. The van der Waals surface area contributed by atoms with Crippen molar-refractivity contribution in [1.82, 2.24) is 0 Å². The van der Waals surface area contributed by atoms with Gasteiger partial charge in [-0.2, -0.15) is 0 Å². The summed E-state index contributed by atoms with van der Waals surface area (Å²) in [7, 11) is 0. The minimum absolute atomic E-state index is 0.106. The molecule has 0 unspecified atom stereocenters. The van der Waals surface area contributed by atoms with Gasteiger partial charge in [-0.25, -0.2) is 0 Å². The van der Waals surface area contributed by atoms with Crippen molar-refractivity contribution in [3.63, 3.8) is 0 Å². The first-order valence-electron chi connectivity index (χ1n) is 6.25. The molecular weight excluding hydrogens is 220 g/mol. The lowest BCUT2D eigenvalue weighted by Crippen LogP contribution is -1.97. The largest absolute Gasteiger partial charge is 0.392 e. The first-order chi connectivity index (χ1) is 8.88. The predicted octanol–water partition coefficient (Wildman–Crippen LogP) is 3.39. The number of aliphatic hydroxyl groups excluding tert-OH is 1. The van der Waals surface area contributed by atoms with Gasteiger partial charge in [0.05, 0.1) is 6.61 Å². The molecule has 2 aromatic rings. The van der Waals surface area contributed by atoms with Crippen molar-refractivity contribution in [3.8, 4) is 0 Å². The molecule has 1 heteroatoms. The molecule has 0 aliphatic rings. The SMILES string of the molecule is OCC=C(Cc1ccccc1)Cc1ccccc1. The highest BCUT2D eigenvalue weighted by Gasteiger charge is 2.01. The zero-order valence-electron chi connectivity index (χ0n) is 10.4. The zero-order valence-corrected chi connectivity index (χ0v) is 10.4. The molecule has 0 saturated heterocycles. The van der Waals surface area contributed by atoms with Crippen LogP contribution in [0.3, 0.4) is 0 Å². The van der Waals surface area contributed by atoms with Crippen LogP contribution in [0.15, 0.2) is 72.3 Å². The molecule has 0 bridgehead atoms. The Morgan fingerprint density at radius 3 is 1.61 bits per heavy atom. The summed E-state index contributed by atoms with van der Waals surface area (Å²) in [6, 6.07) is 20.7. The van der Waals surface area contributed by atoms with Crippen LogP contribution in [-0.4, -0.2) is 11.7 Å². The molecule has 0 atom stereocenters. The molecule has 0 saturated carbocycles. The zero-order chi connectivity index (χ0) is 12.6. The van der Waals surface area contributed by atoms with Crippen molar-refractivity contribution in [3.05, 3.63) is 83.4 Å². The second kappa shape index (κ2) is 6.77. The summed E-state index contributed by atoms with van der Waals surface area (Å²) in [5.74, 6) is 0. The highest BCUT2D eigenvalue weighted by molar-refractivity contribution is 5.27. The van der Waals surface area contributed by atoms with Crippen molar-refractivity contribution in [1.29, 1.82) is 0 Å². The Bertz CT molecular complexity index is 442. The molecule has 2 aromatic carbocycles. The summed E-state index contributed by atoms with van der Waals surface area (Å²) in [5.41, 5.74) is 3.83. The number of hydrogen-bond donors (Lipinski definition) is 1. The lowest BCUT2D eigenvalue weighted by Gasteiger charge is -2.08. The molecule has 0 spiro atoms. The molecule has 0 aromatic heterocycles. The van der Waals surface area contributed by atoms with Crippen LogP contribution in [0, 0.1) is 0 Å². The minimum atomic E-state index is 0.106. The molecule has 2 rings (SSSR count). The molecule has 1 nitrogen and oxygen atoms in total. The Labute approximate surface area is 108 Å². The van der Waals surface area contributed by atoms with E-state index in [1.54, 1.807) is 0 Å². The third kappa shape index (κ3) is 3.86. The van der Waals surface area contributed by atoms with Crippen LogP contribution in [0.25, 0.3) is 0 Å². The number of benzene rings is 2. The summed E-state index contributed by atoms with van der Waals surface area (Å²) in [6.45, 7) is 0.106. The molecule has 0 amide bonds. The highest BCUT2D eigenvalue weighted by atomic mass is 16.2. The highest BCUT2D eigenvalue weighted by Crippen LogP contribution is 2.13. The van der Waals surface area contributed by atoms with Gasteiger partial charge >= 0.3 is 0 Å². The second-order valence-corrected chi connectivity index (χ2v) is 4.37. The van der Waals surface area contributed by atoms with Gasteiger partial charge in [-0.05, 0) is 24.0 Å². The molecule has 1 N–H and O–H groups in total. The lowest BCUT2D eigenvalue weighted by atomic mass is 9.98. The van der Waals surface area contributed by atoms with E-state index < -0.39 is 0 Å². The summed E-state index contributed by atoms with van der Waals surface area (Å²) in [5, 5.41) is 9.12. The van der Waals surface area contributed by atoms with Crippen molar-refractivity contribution in [2.45, 2.75) is 12.8 Å². The molecule has 18 heavy (non-hydrogen) atoms. The predicted molar refractivity (Wildman–Crippen MR) is 75.5 cm³/mol. The van der Waals surface area contributed by atoms with E-state index in [1.165, 1.54) is 16.7 Å². The van der Waals surface area contributed by atoms with Gasteiger partial charge in [0.1, 0.15) is 0 Å². The Hall–Kier alpha value is -1.86. The van der Waals surface area contributed by atoms with Gasteiger partial charge in [-0.1, -0.05) is 72.3 Å². The maximum atomic E-state index is 9.12. The Morgan fingerprint density at radius 2 is 1.22 bits per heavy atom. The van der Waals surface area contributed by atoms with Gasteiger partial charge in [-0.3, -0.25) is 0 Å². The molecule has 0 heterocycles. The Morgan fingerprint density at radius 1 is 0.778 bits per heavy atom. The average Bonchev–Trinajstić information content (AvgIpc) is 2.41.